The van der Waals surface area contributed by atoms with Crippen LogP contribution in [0.15, 0.2) is 61.1 Å². The van der Waals surface area contributed by atoms with Crippen LogP contribution in [0.5, 0.6) is 0 Å². The highest BCUT2D eigenvalue weighted by molar-refractivity contribution is 5.97. The molecule has 1 unspecified atom stereocenters. The number of carbonyl (C=O) groups excluding carboxylic acids is 1. The van der Waals surface area contributed by atoms with Gasteiger partial charge in [-0.05, 0) is 37.5 Å². The molecule has 1 N–H and O–H groups in total. The molecule has 0 aliphatic heterocycles. The molecule has 2 heterocycles. The third-order valence-electron chi connectivity index (χ3n) is 4.09. The Balaban J connectivity index is 1.65. The fourth-order valence-corrected chi connectivity index (χ4v) is 2.77. The summed E-state index contributed by atoms with van der Waals surface area (Å²) in [7, 11) is 1.84. The Morgan fingerprint density at radius 1 is 1.17 bits per heavy atom. The molecule has 1 atom stereocenters. The monoisotopic (exact) mass is 322 g/mol. The second-order valence-corrected chi connectivity index (χ2v) is 5.99. The summed E-state index contributed by atoms with van der Waals surface area (Å²) < 4.78 is 3.61. The number of rotatable bonds is 6. The van der Waals surface area contributed by atoms with Crippen molar-refractivity contribution in [3.63, 3.8) is 0 Å². The summed E-state index contributed by atoms with van der Waals surface area (Å²) in [6.45, 7) is 2.03. The van der Waals surface area contributed by atoms with Crippen LogP contribution in [0, 0.1) is 0 Å². The van der Waals surface area contributed by atoms with Crippen molar-refractivity contribution in [2.45, 2.75) is 25.8 Å². The van der Waals surface area contributed by atoms with E-state index in [-0.39, 0.29) is 11.9 Å². The molecule has 0 saturated heterocycles. The Morgan fingerprint density at radius 3 is 2.58 bits per heavy atom. The van der Waals surface area contributed by atoms with Gasteiger partial charge in [-0.25, -0.2) is 0 Å². The summed E-state index contributed by atoms with van der Waals surface area (Å²) in [5, 5.41) is 7.31. The number of nitrogens with zero attached hydrogens (tertiary/aromatic N) is 3. The molecule has 5 heteroatoms. The first kappa shape index (κ1) is 16.1. The summed E-state index contributed by atoms with van der Waals surface area (Å²) in [4.78, 5) is 12.6. The normalized spacial score (nSPS) is 12.1. The lowest BCUT2D eigenvalue weighted by Gasteiger charge is -2.14. The Hall–Kier alpha value is -2.82. The Bertz CT molecular complexity index is 790. The van der Waals surface area contributed by atoms with Crippen LogP contribution in [0.25, 0.3) is 5.82 Å². The zero-order valence-corrected chi connectivity index (χ0v) is 14.0. The number of carbonyl (C=O) groups is 1. The van der Waals surface area contributed by atoms with E-state index in [1.165, 1.54) is 5.56 Å². The van der Waals surface area contributed by atoms with Crippen molar-refractivity contribution >= 4 is 5.91 Å². The van der Waals surface area contributed by atoms with Gasteiger partial charge in [0.2, 0.25) is 0 Å². The minimum atomic E-state index is -0.0904. The molecule has 0 spiro atoms. The Morgan fingerprint density at radius 2 is 1.88 bits per heavy atom. The minimum absolute atomic E-state index is 0.0904. The molecule has 0 aliphatic carbocycles. The molecule has 0 radical (unpaired) electrons. The van der Waals surface area contributed by atoms with E-state index in [1.54, 1.807) is 10.9 Å². The predicted octanol–water partition coefficient (Wildman–Crippen LogP) is 2.96. The zero-order valence-electron chi connectivity index (χ0n) is 14.0. The number of hydrogen-bond donors (Lipinski definition) is 1. The van der Waals surface area contributed by atoms with Crippen molar-refractivity contribution in [3.8, 4) is 5.82 Å². The zero-order chi connectivity index (χ0) is 16.9. The lowest BCUT2D eigenvalue weighted by atomic mass is 10.1. The maximum Gasteiger partial charge on any atom is 0.256 e. The molecule has 1 amide bonds. The third kappa shape index (κ3) is 3.56. The molecule has 5 nitrogen and oxygen atoms in total. The first-order valence-corrected chi connectivity index (χ1v) is 8.15. The maximum absolute atomic E-state index is 12.6. The topological polar surface area (TPSA) is 51.9 Å². The second-order valence-electron chi connectivity index (χ2n) is 5.99. The highest BCUT2D eigenvalue weighted by Gasteiger charge is 2.18. The van der Waals surface area contributed by atoms with E-state index >= 15 is 0 Å². The number of hydrogen-bond acceptors (Lipinski definition) is 2. The van der Waals surface area contributed by atoms with E-state index in [9.17, 15) is 4.79 Å². The largest absolute Gasteiger partial charge is 0.349 e. The molecule has 3 aromatic rings. The third-order valence-corrected chi connectivity index (χ3v) is 4.09. The van der Waals surface area contributed by atoms with Crippen LogP contribution >= 0.6 is 0 Å². The molecule has 2 aromatic heterocycles. The van der Waals surface area contributed by atoms with Crippen LogP contribution in [0.3, 0.4) is 0 Å². The summed E-state index contributed by atoms with van der Waals surface area (Å²) in [6.07, 6.45) is 7.28. The highest BCUT2D eigenvalue weighted by atomic mass is 16.1. The molecule has 0 bridgehead atoms. The SMILES string of the molecule is CC(CCc1ccccc1)NC(=O)c1cnn(C)c1-n1cccc1. The highest BCUT2D eigenvalue weighted by Crippen LogP contribution is 2.14. The minimum Gasteiger partial charge on any atom is -0.349 e. The molecule has 1 aromatic carbocycles. The summed E-state index contributed by atoms with van der Waals surface area (Å²) in [6, 6.07) is 14.3. The van der Waals surface area contributed by atoms with E-state index in [1.807, 2.05) is 61.3 Å². The van der Waals surface area contributed by atoms with Gasteiger partial charge in [0.05, 0.1) is 6.20 Å². The van der Waals surface area contributed by atoms with E-state index < -0.39 is 0 Å². The molecule has 0 saturated carbocycles. The maximum atomic E-state index is 12.6. The average molecular weight is 322 g/mol. The Labute approximate surface area is 141 Å². The first-order valence-electron chi connectivity index (χ1n) is 8.15. The van der Waals surface area contributed by atoms with Gasteiger partial charge in [-0.2, -0.15) is 5.10 Å². The van der Waals surface area contributed by atoms with Gasteiger partial charge in [0.25, 0.3) is 5.91 Å². The van der Waals surface area contributed by atoms with E-state index in [4.69, 9.17) is 0 Å². The number of aryl methyl sites for hydroxylation is 2. The summed E-state index contributed by atoms with van der Waals surface area (Å²) in [5.74, 6) is 0.681. The van der Waals surface area contributed by atoms with Crippen molar-refractivity contribution in [1.29, 1.82) is 0 Å². The van der Waals surface area contributed by atoms with Gasteiger partial charge in [-0.3, -0.25) is 9.48 Å². The summed E-state index contributed by atoms with van der Waals surface area (Å²) >= 11 is 0. The second kappa shape index (κ2) is 7.17. The van der Waals surface area contributed by atoms with Crippen LogP contribution in [-0.4, -0.2) is 26.3 Å². The van der Waals surface area contributed by atoms with Gasteiger partial charge in [0, 0.05) is 25.5 Å². The summed E-state index contributed by atoms with van der Waals surface area (Å²) in [5.41, 5.74) is 1.87. The van der Waals surface area contributed by atoms with Crippen LogP contribution in [0.4, 0.5) is 0 Å². The number of benzene rings is 1. The fourth-order valence-electron chi connectivity index (χ4n) is 2.77. The molecule has 3 rings (SSSR count). The van der Waals surface area contributed by atoms with Crippen molar-refractivity contribution in [3.05, 3.63) is 72.2 Å². The lowest BCUT2D eigenvalue weighted by molar-refractivity contribution is 0.0938. The molecular weight excluding hydrogens is 300 g/mol. The van der Waals surface area contributed by atoms with Gasteiger partial charge in [0.1, 0.15) is 11.4 Å². The quantitative estimate of drug-likeness (QED) is 0.758. The van der Waals surface area contributed by atoms with Crippen molar-refractivity contribution in [2.75, 3.05) is 0 Å². The van der Waals surface area contributed by atoms with Gasteiger partial charge in [-0.1, -0.05) is 30.3 Å². The van der Waals surface area contributed by atoms with Gasteiger partial charge >= 0.3 is 0 Å². The van der Waals surface area contributed by atoms with E-state index in [2.05, 4.69) is 22.5 Å². The average Bonchev–Trinajstić information content (AvgIpc) is 3.23. The fraction of sp³-hybridized carbons (Fsp3) is 0.263. The Kier molecular flexibility index (Phi) is 4.79. The van der Waals surface area contributed by atoms with Crippen molar-refractivity contribution in [2.24, 2.45) is 7.05 Å². The van der Waals surface area contributed by atoms with Gasteiger partial charge < -0.3 is 9.88 Å². The van der Waals surface area contributed by atoms with Crippen molar-refractivity contribution in [1.82, 2.24) is 19.7 Å². The molecule has 0 fully saturated rings. The van der Waals surface area contributed by atoms with Crippen LogP contribution in [0.1, 0.15) is 29.3 Å². The van der Waals surface area contributed by atoms with Gasteiger partial charge in [-0.15, -0.1) is 0 Å². The molecule has 0 aliphatic rings. The van der Waals surface area contributed by atoms with Crippen LogP contribution in [0.2, 0.25) is 0 Å². The van der Waals surface area contributed by atoms with Crippen LogP contribution < -0.4 is 5.32 Å². The van der Waals surface area contributed by atoms with Gasteiger partial charge in [0.15, 0.2) is 0 Å². The van der Waals surface area contributed by atoms with E-state index in [0.717, 1.165) is 18.7 Å². The lowest BCUT2D eigenvalue weighted by Crippen LogP contribution is -2.33. The smallest absolute Gasteiger partial charge is 0.256 e. The predicted molar refractivity (Wildman–Crippen MR) is 94.2 cm³/mol. The standard InChI is InChI=1S/C19H22N4O/c1-15(10-11-16-8-4-3-5-9-16)21-18(24)17-14-20-22(2)19(17)23-12-6-7-13-23/h3-9,12-15H,10-11H2,1-2H3,(H,21,24). The first-order chi connectivity index (χ1) is 11.6. The van der Waals surface area contributed by atoms with Crippen molar-refractivity contribution < 1.29 is 4.79 Å². The van der Waals surface area contributed by atoms with E-state index in [0.29, 0.717) is 5.56 Å². The van der Waals surface area contributed by atoms with Crippen LogP contribution in [-0.2, 0) is 13.5 Å². The molecule has 124 valence electrons. The molecular formula is C19H22N4O. The molecule has 24 heavy (non-hydrogen) atoms. The number of aromatic nitrogens is 3. The number of nitrogens with one attached hydrogen (secondary N) is 1. The number of amides is 1.